The zero-order valence-corrected chi connectivity index (χ0v) is 12.5. The van der Waals surface area contributed by atoms with Crippen LogP contribution < -0.4 is 10.1 Å². The molecule has 112 valence electrons. The van der Waals surface area contributed by atoms with Crippen molar-refractivity contribution in [2.75, 3.05) is 11.9 Å². The molecule has 0 bridgehead atoms. The lowest BCUT2D eigenvalue weighted by atomic mass is 10.1. The normalized spacial score (nSPS) is 12.0. The topological polar surface area (TPSA) is 21.3 Å². The summed E-state index contributed by atoms with van der Waals surface area (Å²) in [7, 11) is 0. The van der Waals surface area contributed by atoms with E-state index in [9.17, 15) is 8.78 Å². The summed E-state index contributed by atoms with van der Waals surface area (Å²) < 4.78 is 32.3. The van der Waals surface area contributed by atoms with Crippen LogP contribution in [0.15, 0.2) is 36.4 Å². The van der Waals surface area contributed by atoms with Crippen LogP contribution in [0.1, 0.15) is 25.5 Å². The summed E-state index contributed by atoms with van der Waals surface area (Å²) in [5.74, 6) is -0.326. The molecule has 1 unspecified atom stereocenters. The van der Waals surface area contributed by atoms with Crippen molar-refractivity contribution < 1.29 is 13.5 Å². The van der Waals surface area contributed by atoms with Crippen LogP contribution in [0.4, 0.5) is 14.5 Å². The van der Waals surface area contributed by atoms with Crippen LogP contribution in [0.5, 0.6) is 5.75 Å². The Bertz CT molecular complexity index is 634. The summed E-state index contributed by atoms with van der Waals surface area (Å²) >= 11 is 6.10. The van der Waals surface area contributed by atoms with Crippen LogP contribution >= 0.6 is 11.6 Å². The fourth-order valence-corrected chi connectivity index (χ4v) is 2.27. The lowest BCUT2D eigenvalue weighted by molar-refractivity contribution is 0.340. The molecule has 0 saturated heterocycles. The average Bonchev–Trinajstić information content (AvgIpc) is 2.44. The van der Waals surface area contributed by atoms with Crippen molar-refractivity contribution in [3.8, 4) is 5.75 Å². The molecule has 0 saturated carbocycles. The van der Waals surface area contributed by atoms with Gasteiger partial charge in [-0.25, -0.2) is 8.78 Å². The average molecular weight is 312 g/mol. The Morgan fingerprint density at radius 3 is 2.62 bits per heavy atom. The van der Waals surface area contributed by atoms with E-state index in [0.29, 0.717) is 23.1 Å². The molecule has 2 rings (SSSR count). The third-order valence-corrected chi connectivity index (χ3v) is 3.33. The number of hydrogen-bond donors (Lipinski definition) is 1. The van der Waals surface area contributed by atoms with Gasteiger partial charge in [0.25, 0.3) is 0 Å². The van der Waals surface area contributed by atoms with Gasteiger partial charge in [0.2, 0.25) is 0 Å². The Morgan fingerprint density at radius 1 is 1.19 bits per heavy atom. The Balaban J connectivity index is 2.17. The van der Waals surface area contributed by atoms with Crippen molar-refractivity contribution in [3.05, 3.63) is 58.6 Å². The van der Waals surface area contributed by atoms with Crippen molar-refractivity contribution in [1.29, 1.82) is 0 Å². The fraction of sp³-hybridized carbons (Fsp3) is 0.250. The fourth-order valence-electron chi connectivity index (χ4n) is 2.04. The van der Waals surface area contributed by atoms with Crippen LogP contribution in [0.2, 0.25) is 5.02 Å². The summed E-state index contributed by atoms with van der Waals surface area (Å²) in [5, 5.41) is 3.56. The van der Waals surface area contributed by atoms with Gasteiger partial charge in [-0.15, -0.1) is 0 Å². The van der Waals surface area contributed by atoms with Crippen molar-refractivity contribution in [1.82, 2.24) is 0 Å². The molecule has 0 fully saturated rings. The molecule has 0 aliphatic rings. The van der Waals surface area contributed by atoms with Gasteiger partial charge in [-0.05, 0) is 50.2 Å². The van der Waals surface area contributed by atoms with Gasteiger partial charge in [0, 0.05) is 11.3 Å². The summed E-state index contributed by atoms with van der Waals surface area (Å²) in [6.07, 6.45) is 0. The molecule has 0 aromatic heterocycles. The van der Waals surface area contributed by atoms with Gasteiger partial charge in [-0.3, -0.25) is 0 Å². The van der Waals surface area contributed by atoms with E-state index in [2.05, 4.69) is 5.32 Å². The van der Waals surface area contributed by atoms with E-state index in [4.69, 9.17) is 16.3 Å². The van der Waals surface area contributed by atoms with Gasteiger partial charge in [0.1, 0.15) is 17.4 Å². The van der Waals surface area contributed by atoms with E-state index < -0.39 is 17.7 Å². The number of nitrogens with one attached hydrogen (secondary N) is 1. The van der Waals surface area contributed by atoms with E-state index >= 15 is 0 Å². The monoisotopic (exact) mass is 311 g/mol. The lowest BCUT2D eigenvalue weighted by Crippen LogP contribution is -2.09. The molecule has 5 heteroatoms. The van der Waals surface area contributed by atoms with Gasteiger partial charge >= 0.3 is 0 Å². The van der Waals surface area contributed by atoms with Crippen LogP contribution in [-0.4, -0.2) is 6.61 Å². The third-order valence-electron chi connectivity index (χ3n) is 3.04. The Kier molecular flexibility index (Phi) is 5.02. The number of hydrogen-bond acceptors (Lipinski definition) is 2. The summed E-state index contributed by atoms with van der Waals surface area (Å²) in [5.41, 5.74) is 0.972. The molecule has 0 radical (unpaired) electrons. The van der Waals surface area contributed by atoms with E-state index in [1.807, 2.05) is 6.92 Å². The minimum absolute atomic E-state index is 0.264. The molecule has 21 heavy (non-hydrogen) atoms. The molecule has 1 N–H and O–H groups in total. The van der Waals surface area contributed by atoms with Gasteiger partial charge in [0.15, 0.2) is 0 Å². The molecule has 0 amide bonds. The van der Waals surface area contributed by atoms with Crippen LogP contribution in [-0.2, 0) is 0 Å². The zero-order chi connectivity index (χ0) is 15.4. The van der Waals surface area contributed by atoms with Crippen LogP contribution in [0.3, 0.4) is 0 Å². The molecule has 0 aliphatic heterocycles. The van der Waals surface area contributed by atoms with Crippen molar-refractivity contribution in [2.45, 2.75) is 19.9 Å². The molecule has 2 aromatic carbocycles. The van der Waals surface area contributed by atoms with Gasteiger partial charge in [-0.2, -0.15) is 0 Å². The number of ether oxygens (including phenoxy) is 1. The van der Waals surface area contributed by atoms with E-state index in [0.717, 1.165) is 12.1 Å². The van der Waals surface area contributed by atoms with Gasteiger partial charge < -0.3 is 10.1 Å². The van der Waals surface area contributed by atoms with Gasteiger partial charge in [0.05, 0.1) is 17.7 Å². The first-order valence-electron chi connectivity index (χ1n) is 6.65. The quantitative estimate of drug-likeness (QED) is 0.820. The van der Waals surface area contributed by atoms with E-state index in [1.165, 1.54) is 6.07 Å². The number of benzene rings is 2. The predicted molar refractivity (Wildman–Crippen MR) is 81.0 cm³/mol. The van der Waals surface area contributed by atoms with Crippen molar-refractivity contribution in [2.24, 2.45) is 0 Å². The lowest BCUT2D eigenvalue weighted by Gasteiger charge is -2.17. The standard InChI is InChI=1S/C16H16ClF2NO/c1-3-21-16-7-5-12(9-14(16)17)20-10(2)13-8-11(18)4-6-15(13)19/h4-10,20H,3H2,1-2H3. The predicted octanol–water partition coefficient (Wildman–Crippen LogP) is 5.19. The second-order valence-corrected chi connectivity index (χ2v) is 5.02. The maximum atomic E-state index is 13.7. The molecule has 2 nitrogen and oxygen atoms in total. The van der Waals surface area contributed by atoms with E-state index in [-0.39, 0.29) is 5.56 Å². The van der Waals surface area contributed by atoms with Crippen molar-refractivity contribution >= 4 is 17.3 Å². The Labute approximate surface area is 127 Å². The highest BCUT2D eigenvalue weighted by Gasteiger charge is 2.12. The van der Waals surface area contributed by atoms with Gasteiger partial charge in [-0.1, -0.05) is 11.6 Å². The maximum Gasteiger partial charge on any atom is 0.138 e. The number of rotatable bonds is 5. The highest BCUT2D eigenvalue weighted by molar-refractivity contribution is 6.32. The summed E-state index contributed by atoms with van der Waals surface area (Å²) in [4.78, 5) is 0. The Morgan fingerprint density at radius 2 is 1.95 bits per heavy atom. The maximum absolute atomic E-state index is 13.7. The van der Waals surface area contributed by atoms with Crippen molar-refractivity contribution in [3.63, 3.8) is 0 Å². The second kappa shape index (κ2) is 6.76. The first-order valence-corrected chi connectivity index (χ1v) is 7.03. The third kappa shape index (κ3) is 3.85. The highest BCUT2D eigenvalue weighted by atomic mass is 35.5. The summed E-state index contributed by atoms with van der Waals surface area (Å²) in [6.45, 7) is 4.15. The van der Waals surface area contributed by atoms with Crippen LogP contribution in [0, 0.1) is 11.6 Å². The zero-order valence-electron chi connectivity index (χ0n) is 11.8. The molecule has 0 spiro atoms. The first kappa shape index (κ1) is 15.6. The number of halogens is 3. The van der Waals surface area contributed by atoms with E-state index in [1.54, 1.807) is 25.1 Å². The van der Waals surface area contributed by atoms with Crippen LogP contribution in [0.25, 0.3) is 0 Å². The smallest absolute Gasteiger partial charge is 0.138 e. The molecule has 2 aromatic rings. The molecule has 0 heterocycles. The minimum Gasteiger partial charge on any atom is -0.492 e. The minimum atomic E-state index is -0.468. The molecular weight excluding hydrogens is 296 g/mol. The molecule has 0 aliphatic carbocycles. The SMILES string of the molecule is CCOc1ccc(NC(C)c2cc(F)ccc2F)cc1Cl. The number of anilines is 1. The molecular formula is C16H16ClF2NO. The second-order valence-electron chi connectivity index (χ2n) is 4.61. The first-order chi connectivity index (χ1) is 10.0. The highest BCUT2D eigenvalue weighted by Crippen LogP contribution is 2.30. The molecule has 1 atom stereocenters. The largest absolute Gasteiger partial charge is 0.492 e. The summed E-state index contributed by atoms with van der Waals surface area (Å²) in [6, 6.07) is 8.22. The Hall–Kier alpha value is -1.81.